The normalized spacial score (nSPS) is 9.50. The molecule has 0 heterocycles. The predicted molar refractivity (Wildman–Crippen MR) is 63.6 cm³/mol. The molecule has 0 aliphatic rings. The Kier molecular flexibility index (Phi) is 3.67. The second-order valence-corrected chi connectivity index (χ2v) is 2.75. The van der Waals surface area contributed by atoms with E-state index in [0.717, 1.165) is 0 Å². The van der Waals surface area contributed by atoms with Crippen LogP contribution in [0.2, 0.25) is 0 Å². The van der Waals surface area contributed by atoms with Crippen LogP contribution in [0.25, 0.3) is 0 Å². The molecule has 0 aromatic heterocycles. The molecule has 0 aliphatic heterocycles. The smallest absolute Gasteiger partial charge is 0.0824 e. The number of nitrogen functional groups attached to an aromatic ring is 5. The maximum atomic E-state index is 5.64. The molecule has 6 nitrogen and oxygen atoms in total. The van der Waals surface area contributed by atoms with Crippen molar-refractivity contribution in [2.75, 3.05) is 28.7 Å². The van der Waals surface area contributed by atoms with Crippen LogP contribution in [0.4, 0.5) is 28.4 Å². The zero-order valence-electron chi connectivity index (χ0n) is 7.58. The highest BCUT2D eigenvalue weighted by atomic mass is 35.5. The van der Waals surface area contributed by atoms with Gasteiger partial charge in [0, 0.05) is 12.1 Å². The third-order valence-electron chi connectivity index (χ3n) is 2.02. The van der Waals surface area contributed by atoms with Crippen LogP contribution < -0.4 is 34.4 Å². The van der Waals surface area contributed by atoms with Gasteiger partial charge in [0.25, 0.3) is 0 Å². The van der Waals surface area contributed by atoms with Gasteiger partial charge < -0.3 is 34.4 Å². The van der Waals surface area contributed by atoms with Gasteiger partial charge in [0.1, 0.15) is 0 Å². The first kappa shape index (κ1) is 12.5. The Morgan fingerprint density at radius 1 is 0.643 bits per heavy atom. The number of nitrogens with two attached hydrogens (primary N) is 6. The molecule has 14 heavy (non-hydrogen) atoms. The van der Waals surface area contributed by atoms with E-state index in [2.05, 4.69) is 0 Å². The second-order valence-electron chi connectivity index (χ2n) is 2.75. The Balaban J connectivity index is 0.00000169. The van der Waals surface area contributed by atoms with E-state index >= 15 is 0 Å². The highest BCUT2D eigenvalue weighted by Crippen LogP contribution is 2.37. The van der Waals surface area contributed by atoms with Gasteiger partial charge in [-0.05, 0) is 0 Å². The lowest BCUT2D eigenvalue weighted by Gasteiger charge is -2.15. The van der Waals surface area contributed by atoms with Crippen LogP contribution in [0.5, 0.6) is 0 Å². The Bertz CT molecular complexity index is 322. The van der Waals surface area contributed by atoms with E-state index in [9.17, 15) is 0 Å². The predicted octanol–water partition coefficient (Wildman–Crippen LogP) is -0.522. The topological polar surface area (TPSA) is 156 Å². The summed E-state index contributed by atoms with van der Waals surface area (Å²) in [7, 11) is 0. The molecule has 0 atom stereocenters. The molecule has 0 unspecified atom stereocenters. The maximum Gasteiger partial charge on any atom is 0.0824 e. The molecule has 1 aromatic rings. The fraction of sp³-hybridized carbons (Fsp3) is 0.143. The van der Waals surface area contributed by atoms with Crippen molar-refractivity contribution in [2.45, 2.75) is 6.54 Å². The van der Waals surface area contributed by atoms with Crippen molar-refractivity contribution in [3.8, 4) is 0 Å². The van der Waals surface area contributed by atoms with Crippen molar-refractivity contribution in [2.24, 2.45) is 5.73 Å². The van der Waals surface area contributed by atoms with E-state index < -0.39 is 0 Å². The molecule has 0 saturated carbocycles. The van der Waals surface area contributed by atoms with Crippen LogP contribution in [0.1, 0.15) is 5.56 Å². The lowest BCUT2D eigenvalue weighted by molar-refractivity contribution is 1.08. The van der Waals surface area contributed by atoms with Crippen LogP contribution in [0.15, 0.2) is 0 Å². The molecule has 1 rings (SSSR count). The summed E-state index contributed by atoms with van der Waals surface area (Å²) in [6.45, 7) is 0.187. The summed E-state index contributed by atoms with van der Waals surface area (Å²) in [6.07, 6.45) is 0. The SMILES string of the molecule is Cl.NCc1c(N)c(N)c(N)c(N)c1N. The average molecular weight is 219 g/mol. The zero-order valence-corrected chi connectivity index (χ0v) is 8.40. The molecule has 80 valence electrons. The second kappa shape index (κ2) is 4.12. The summed E-state index contributed by atoms with van der Waals surface area (Å²) in [6, 6.07) is 0. The Hall–Kier alpha value is -1.53. The van der Waals surface area contributed by atoms with Gasteiger partial charge in [0.05, 0.1) is 28.4 Å². The first-order valence-electron chi connectivity index (χ1n) is 3.71. The summed E-state index contributed by atoms with van der Waals surface area (Å²) < 4.78 is 0. The fourth-order valence-corrected chi connectivity index (χ4v) is 1.13. The molecule has 0 radical (unpaired) electrons. The van der Waals surface area contributed by atoms with Crippen molar-refractivity contribution >= 4 is 40.8 Å². The van der Waals surface area contributed by atoms with Gasteiger partial charge in [0.15, 0.2) is 0 Å². The lowest BCUT2D eigenvalue weighted by atomic mass is 10.1. The van der Waals surface area contributed by atoms with Gasteiger partial charge in [-0.3, -0.25) is 0 Å². The third-order valence-corrected chi connectivity index (χ3v) is 2.02. The molecule has 0 aliphatic carbocycles. The molecule has 0 bridgehead atoms. The van der Waals surface area contributed by atoms with Crippen LogP contribution in [0.3, 0.4) is 0 Å². The monoisotopic (exact) mass is 218 g/mol. The minimum absolute atomic E-state index is 0. The molecule has 0 saturated heterocycles. The van der Waals surface area contributed by atoms with Gasteiger partial charge in [0.2, 0.25) is 0 Å². The van der Waals surface area contributed by atoms with E-state index in [1.54, 1.807) is 0 Å². The van der Waals surface area contributed by atoms with Crippen LogP contribution >= 0.6 is 12.4 Å². The Morgan fingerprint density at radius 3 is 1.21 bits per heavy atom. The van der Waals surface area contributed by atoms with Gasteiger partial charge in [-0.15, -0.1) is 12.4 Å². The first-order chi connectivity index (χ1) is 6.00. The van der Waals surface area contributed by atoms with E-state index in [0.29, 0.717) is 16.9 Å². The van der Waals surface area contributed by atoms with E-state index in [-0.39, 0.29) is 36.0 Å². The van der Waals surface area contributed by atoms with Gasteiger partial charge >= 0.3 is 0 Å². The van der Waals surface area contributed by atoms with Crippen molar-refractivity contribution < 1.29 is 0 Å². The molecule has 12 N–H and O–H groups in total. The summed E-state index contributed by atoms with van der Waals surface area (Å²) in [4.78, 5) is 0. The van der Waals surface area contributed by atoms with E-state index in [4.69, 9.17) is 34.4 Å². The first-order valence-corrected chi connectivity index (χ1v) is 3.71. The lowest BCUT2D eigenvalue weighted by Crippen LogP contribution is -2.13. The average Bonchev–Trinajstić information content (AvgIpc) is 2.13. The highest BCUT2D eigenvalue weighted by Gasteiger charge is 2.13. The molecule has 7 heteroatoms. The molecular weight excluding hydrogens is 204 g/mol. The van der Waals surface area contributed by atoms with Gasteiger partial charge in [-0.2, -0.15) is 0 Å². The number of hydrogen-bond acceptors (Lipinski definition) is 6. The maximum absolute atomic E-state index is 5.64. The summed E-state index contributed by atoms with van der Waals surface area (Å²) in [5.41, 5.74) is 35.3. The zero-order chi connectivity index (χ0) is 10.2. The summed E-state index contributed by atoms with van der Waals surface area (Å²) >= 11 is 0. The van der Waals surface area contributed by atoms with Crippen molar-refractivity contribution in [3.63, 3.8) is 0 Å². The molecular formula is C7H15ClN6. The van der Waals surface area contributed by atoms with Gasteiger partial charge in [-0.1, -0.05) is 0 Å². The third kappa shape index (κ3) is 1.57. The highest BCUT2D eigenvalue weighted by molar-refractivity contribution is 5.96. The molecule has 1 aromatic carbocycles. The minimum Gasteiger partial charge on any atom is -0.397 e. The quantitative estimate of drug-likeness (QED) is 0.348. The summed E-state index contributed by atoms with van der Waals surface area (Å²) in [5, 5.41) is 0. The number of rotatable bonds is 1. The van der Waals surface area contributed by atoms with Crippen LogP contribution in [-0.4, -0.2) is 0 Å². The van der Waals surface area contributed by atoms with Crippen molar-refractivity contribution in [3.05, 3.63) is 5.56 Å². The fourth-order valence-electron chi connectivity index (χ4n) is 1.13. The van der Waals surface area contributed by atoms with Crippen molar-refractivity contribution in [1.82, 2.24) is 0 Å². The number of benzene rings is 1. The standard InChI is InChI=1S/C7H14N6.ClH/c8-1-2-3(9)5(11)7(13)6(12)4(2)10;/h1,8-13H2;1H. The molecule has 0 fully saturated rings. The Labute approximate surface area is 88.0 Å². The largest absolute Gasteiger partial charge is 0.397 e. The van der Waals surface area contributed by atoms with E-state index in [1.807, 2.05) is 0 Å². The van der Waals surface area contributed by atoms with Crippen LogP contribution in [0, 0.1) is 0 Å². The van der Waals surface area contributed by atoms with Crippen LogP contribution in [-0.2, 0) is 6.54 Å². The van der Waals surface area contributed by atoms with E-state index in [1.165, 1.54) is 0 Å². The number of anilines is 5. The number of halogens is 1. The molecule has 0 spiro atoms. The number of hydrogen-bond donors (Lipinski definition) is 6. The summed E-state index contributed by atoms with van der Waals surface area (Å²) in [5.74, 6) is 0. The van der Waals surface area contributed by atoms with Gasteiger partial charge in [-0.25, -0.2) is 0 Å². The molecule has 0 amide bonds. The minimum atomic E-state index is 0. The van der Waals surface area contributed by atoms with Crippen molar-refractivity contribution in [1.29, 1.82) is 0 Å². The Morgan fingerprint density at radius 2 is 0.929 bits per heavy atom.